The number of amides is 1. The van der Waals surface area contributed by atoms with Gasteiger partial charge in [0, 0.05) is 31.9 Å². The number of aliphatic hydroxyl groups is 1. The molecule has 1 fully saturated rings. The minimum absolute atomic E-state index is 0.188. The number of piperazine rings is 1. The van der Waals surface area contributed by atoms with E-state index in [9.17, 15) is 33.2 Å². The molecule has 1 aliphatic heterocycles. The normalized spacial score (nSPS) is 16.2. The molecule has 11 nitrogen and oxygen atoms in total. The molecule has 1 amide bonds. The summed E-state index contributed by atoms with van der Waals surface area (Å²) in [7, 11) is 0. The smallest absolute Gasteiger partial charge is 0.446 e. The largest absolute Gasteiger partial charge is 0.573 e. The first-order valence-corrected chi connectivity index (χ1v) is 10.3. The molecule has 0 spiro atoms. The molecule has 15 heteroatoms. The van der Waals surface area contributed by atoms with Crippen LogP contribution in [0.25, 0.3) is 0 Å². The summed E-state index contributed by atoms with van der Waals surface area (Å²) in [6, 6.07) is 5.43. The molecule has 0 saturated carbocycles. The topological polar surface area (TPSA) is 123 Å². The Balaban J connectivity index is 1.47. The summed E-state index contributed by atoms with van der Waals surface area (Å²) in [4.78, 5) is 29.3. The zero-order valence-electron chi connectivity index (χ0n) is 17.9. The summed E-state index contributed by atoms with van der Waals surface area (Å²) in [6.07, 6.45) is -4.35. The Kier molecular flexibility index (Phi) is 7.41. The maximum Gasteiger partial charge on any atom is 0.573 e. The van der Waals surface area contributed by atoms with Crippen LogP contribution in [-0.2, 0) is 11.3 Å². The van der Waals surface area contributed by atoms with Gasteiger partial charge in [-0.3, -0.25) is 4.57 Å². The molecule has 0 bridgehead atoms. The van der Waals surface area contributed by atoms with Crippen molar-refractivity contribution in [3.63, 3.8) is 0 Å². The average Bonchev–Trinajstić information content (AvgIpc) is 3.11. The van der Waals surface area contributed by atoms with Crippen molar-refractivity contribution in [2.75, 3.05) is 37.7 Å². The number of hydrogen-bond donors (Lipinski definition) is 1. The first kappa shape index (κ1) is 25.4. The minimum Gasteiger partial charge on any atom is -0.446 e. The van der Waals surface area contributed by atoms with E-state index in [1.165, 1.54) is 40.7 Å². The summed E-state index contributed by atoms with van der Waals surface area (Å²) in [5, 5.41) is 21.1. The van der Waals surface area contributed by atoms with Crippen LogP contribution in [-0.4, -0.2) is 75.3 Å². The molecule has 1 saturated heterocycles. The fraction of sp³-hybridized carbons (Fsp3) is 0.474. The van der Waals surface area contributed by atoms with Crippen molar-refractivity contribution in [3.8, 4) is 5.75 Å². The molecule has 1 N–H and O–H groups in total. The highest BCUT2D eigenvalue weighted by Gasteiger charge is 2.32. The van der Waals surface area contributed by atoms with Gasteiger partial charge in [0.05, 0.1) is 6.54 Å². The molecule has 0 radical (unpaired) electrons. The van der Waals surface area contributed by atoms with E-state index in [1.807, 2.05) is 4.90 Å². The number of anilines is 1. The van der Waals surface area contributed by atoms with Gasteiger partial charge in [-0.15, -0.1) is 13.2 Å². The van der Waals surface area contributed by atoms with Gasteiger partial charge in [0.1, 0.15) is 24.2 Å². The SMILES string of the molecule is CC(O)(COC(=O)N1CCN(c2ccc(OC(F)(F)F)cc2)CC1)Cn1cc([N+](=O)[O-])nc1Cl. The number of nitro groups is 1. The summed E-state index contributed by atoms with van der Waals surface area (Å²) < 4.78 is 47.1. The molecule has 34 heavy (non-hydrogen) atoms. The van der Waals surface area contributed by atoms with Crippen LogP contribution in [0.15, 0.2) is 30.5 Å². The van der Waals surface area contributed by atoms with Crippen molar-refractivity contribution in [1.29, 1.82) is 0 Å². The molecule has 186 valence electrons. The Bertz CT molecular complexity index is 1020. The van der Waals surface area contributed by atoms with E-state index >= 15 is 0 Å². The fourth-order valence-electron chi connectivity index (χ4n) is 3.31. The maximum atomic E-state index is 12.4. The van der Waals surface area contributed by atoms with Gasteiger partial charge in [-0.05, 0) is 52.7 Å². The Morgan fingerprint density at radius 1 is 1.24 bits per heavy atom. The number of rotatable bonds is 7. The van der Waals surface area contributed by atoms with Crippen molar-refractivity contribution in [1.82, 2.24) is 14.5 Å². The van der Waals surface area contributed by atoms with E-state index in [1.54, 1.807) is 0 Å². The number of carbonyl (C=O) groups excluding carboxylic acids is 1. The monoisotopic (exact) mass is 507 g/mol. The predicted molar refractivity (Wildman–Crippen MR) is 113 cm³/mol. The Hall–Kier alpha value is -3.26. The average molecular weight is 508 g/mol. The van der Waals surface area contributed by atoms with Gasteiger partial charge in [-0.2, -0.15) is 0 Å². The van der Waals surface area contributed by atoms with Gasteiger partial charge in [0.25, 0.3) is 0 Å². The van der Waals surface area contributed by atoms with Gasteiger partial charge in [0.2, 0.25) is 0 Å². The molecule has 2 aromatic rings. The Morgan fingerprint density at radius 2 is 1.85 bits per heavy atom. The molecular formula is C19H21ClF3N5O6. The van der Waals surface area contributed by atoms with Gasteiger partial charge >= 0.3 is 23.6 Å². The fourth-order valence-corrected chi connectivity index (χ4v) is 3.50. The number of aromatic nitrogens is 2. The highest BCUT2D eigenvalue weighted by atomic mass is 35.5. The van der Waals surface area contributed by atoms with Crippen LogP contribution in [0.1, 0.15) is 6.92 Å². The van der Waals surface area contributed by atoms with E-state index in [0.717, 1.165) is 6.20 Å². The summed E-state index contributed by atoms with van der Waals surface area (Å²) >= 11 is 5.84. The molecular weight excluding hydrogens is 487 g/mol. The first-order chi connectivity index (χ1) is 15.8. The number of hydrogen-bond acceptors (Lipinski definition) is 8. The number of alkyl halides is 3. The van der Waals surface area contributed by atoms with E-state index in [4.69, 9.17) is 16.3 Å². The number of benzene rings is 1. The molecule has 1 atom stereocenters. The van der Waals surface area contributed by atoms with Crippen LogP contribution in [0.2, 0.25) is 5.28 Å². The second kappa shape index (κ2) is 9.93. The maximum absolute atomic E-state index is 12.4. The van der Waals surface area contributed by atoms with E-state index < -0.39 is 35.4 Å². The molecule has 1 aromatic heterocycles. The second-order valence-corrected chi connectivity index (χ2v) is 8.16. The molecule has 1 aliphatic rings. The number of imidazole rings is 1. The Labute approximate surface area is 196 Å². The third-order valence-electron chi connectivity index (χ3n) is 4.89. The third kappa shape index (κ3) is 6.87. The lowest BCUT2D eigenvalue weighted by Gasteiger charge is -2.36. The van der Waals surface area contributed by atoms with Gasteiger partial charge in [-0.25, -0.2) is 4.79 Å². The van der Waals surface area contributed by atoms with Crippen molar-refractivity contribution >= 4 is 29.2 Å². The van der Waals surface area contributed by atoms with E-state index in [2.05, 4.69) is 9.72 Å². The number of halogens is 4. The van der Waals surface area contributed by atoms with Crippen LogP contribution >= 0.6 is 11.6 Å². The standard InChI is InChI=1S/C19H21ClF3N5O6/c1-18(30,11-27-10-15(28(31)32)24-16(27)20)12-33-17(29)26-8-6-25(7-9-26)13-2-4-14(5-3-13)34-19(21,22)23/h2-5,10,30H,6-9,11-12H2,1H3. The summed E-state index contributed by atoms with van der Waals surface area (Å²) in [5.41, 5.74) is -0.896. The van der Waals surface area contributed by atoms with Gasteiger partial charge < -0.3 is 34.5 Å². The molecule has 2 heterocycles. The van der Waals surface area contributed by atoms with Gasteiger partial charge in [0.15, 0.2) is 0 Å². The van der Waals surface area contributed by atoms with Crippen molar-refractivity contribution in [2.45, 2.75) is 25.4 Å². The number of nitrogens with zero attached hydrogens (tertiary/aromatic N) is 5. The first-order valence-electron chi connectivity index (χ1n) is 9.95. The van der Waals surface area contributed by atoms with Crippen molar-refractivity contribution in [2.24, 2.45) is 0 Å². The molecule has 0 aliphatic carbocycles. The van der Waals surface area contributed by atoms with Crippen molar-refractivity contribution in [3.05, 3.63) is 45.9 Å². The van der Waals surface area contributed by atoms with Crippen LogP contribution in [0.4, 0.5) is 29.5 Å². The zero-order chi connectivity index (χ0) is 25.1. The zero-order valence-corrected chi connectivity index (χ0v) is 18.6. The highest BCUT2D eigenvalue weighted by Crippen LogP contribution is 2.26. The second-order valence-electron chi connectivity index (χ2n) is 7.82. The van der Waals surface area contributed by atoms with E-state index in [-0.39, 0.29) is 17.6 Å². The van der Waals surface area contributed by atoms with Crippen molar-refractivity contribution < 1.29 is 37.5 Å². The highest BCUT2D eigenvalue weighted by molar-refractivity contribution is 6.28. The molecule has 1 unspecified atom stereocenters. The lowest BCUT2D eigenvalue weighted by Crippen LogP contribution is -2.50. The molecule has 1 aromatic carbocycles. The molecule has 3 rings (SSSR count). The minimum atomic E-state index is -4.76. The van der Waals surface area contributed by atoms with Crippen LogP contribution in [0.3, 0.4) is 0 Å². The van der Waals surface area contributed by atoms with Gasteiger partial charge in [-0.1, -0.05) is 0 Å². The quantitative estimate of drug-likeness (QED) is 0.448. The Morgan fingerprint density at radius 3 is 2.38 bits per heavy atom. The summed E-state index contributed by atoms with van der Waals surface area (Å²) in [5.74, 6) is -0.796. The lowest BCUT2D eigenvalue weighted by atomic mass is 10.1. The summed E-state index contributed by atoms with van der Waals surface area (Å²) in [6.45, 7) is 2.21. The lowest BCUT2D eigenvalue weighted by molar-refractivity contribution is -0.389. The van der Waals surface area contributed by atoms with Crippen LogP contribution < -0.4 is 9.64 Å². The van der Waals surface area contributed by atoms with Crippen LogP contribution in [0.5, 0.6) is 5.75 Å². The number of ether oxygens (including phenoxy) is 2. The van der Waals surface area contributed by atoms with E-state index in [0.29, 0.717) is 31.9 Å². The number of carbonyl (C=O) groups is 1. The predicted octanol–water partition coefficient (Wildman–Crippen LogP) is 3.05. The third-order valence-corrected chi connectivity index (χ3v) is 5.19. The van der Waals surface area contributed by atoms with Crippen LogP contribution in [0, 0.1) is 10.1 Å².